The third-order valence-corrected chi connectivity index (χ3v) is 3.53. The van der Waals surface area contributed by atoms with Crippen LogP contribution in [0, 0.1) is 0 Å². The maximum Gasteiger partial charge on any atom is 0.133 e. The monoisotopic (exact) mass is 220 g/mol. The number of anilines is 1. The minimum Gasteiger partial charge on any atom is -0.363 e. The number of fused-ring (bicyclic) bond motifs is 1. The van der Waals surface area contributed by atoms with Gasteiger partial charge in [-0.3, -0.25) is 0 Å². The molecule has 1 atom stereocenters. The standard InChI is InChI=1S/C12H20N4/c1-3-12(2,7-13)16-11-9-5-4-6-10(9)14-8-15-11/h8H,3-7,13H2,1-2H3,(H,14,15,16). The van der Waals surface area contributed by atoms with Crippen LogP contribution in [0.4, 0.5) is 5.82 Å². The highest BCUT2D eigenvalue weighted by Gasteiger charge is 2.24. The minimum absolute atomic E-state index is 0.0648. The summed E-state index contributed by atoms with van der Waals surface area (Å²) in [7, 11) is 0. The van der Waals surface area contributed by atoms with Crippen LogP contribution in [0.3, 0.4) is 0 Å². The predicted octanol–water partition coefficient (Wildman–Crippen LogP) is 1.50. The molecule has 1 heterocycles. The second kappa shape index (κ2) is 4.37. The molecule has 16 heavy (non-hydrogen) atoms. The lowest BCUT2D eigenvalue weighted by atomic mass is 9.99. The van der Waals surface area contributed by atoms with Crippen molar-refractivity contribution in [3.63, 3.8) is 0 Å². The lowest BCUT2D eigenvalue weighted by Crippen LogP contribution is -2.42. The fourth-order valence-electron chi connectivity index (χ4n) is 2.04. The summed E-state index contributed by atoms with van der Waals surface area (Å²) in [6.45, 7) is 4.89. The van der Waals surface area contributed by atoms with E-state index < -0.39 is 0 Å². The summed E-state index contributed by atoms with van der Waals surface area (Å²) in [6.07, 6.45) is 6.00. The van der Waals surface area contributed by atoms with E-state index in [1.165, 1.54) is 17.7 Å². The van der Waals surface area contributed by atoms with Crippen LogP contribution < -0.4 is 11.1 Å². The van der Waals surface area contributed by atoms with E-state index in [0.29, 0.717) is 6.54 Å². The van der Waals surface area contributed by atoms with E-state index in [-0.39, 0.29) is 5.54 Å². The van der Waals surface area contributed by atoms with Crippen LogP contribution in [0.2, 0.25) is 0 Å². The SMILES string of the molecule is CCC(C)(CN)Nc1ncnc2c1CCC2. The van der Waals surface area contributed by atoms with Crippen LogP contribution in [0.5, 0.6) is 0 Å². The van der Waals surface area contributed by atoms with E-state index in [1.807, 2.05) is 0 Å². The molecule has 4 nitrogen and oxygen atoms in total. The van der Waals surface area contributed by atoms with E-state index in [9.17, 15) is 0 Å². The minimum atomic E-state index is -0.0648. The fourth-order valence-corrected chi connectivity index (χ4v) is 2.04. The molecule has 1 aromatic heterocycles. The highest BCUT2D eigenvalue weighted by Crippen LogP contribution is 2.27. The van der Waals surface area contributed by atoms with Crippen molar-refractivity contribution in [2.45, 2.75) is 45.1 Å². The Morgan fingerprint density at radius 1 is 1.44 bits per heavy atom. The molecule has 4 heteroatoms. The van der Waals surface area contributed by atoms with Crippen LogP contribution in [0.1, 0.15) is 37.9 Å². The summed E-state index contributed by atoms with van der Waals surface area (Å²) >= 11 is 0. The van der Waals surface area contributed by atoms with Gasteiger partial charge in [-0.15, -0.1) is 0 Å². The van der Waals surface area contributed by atoms with Crippen molar-refractivity contribution < 1.29 is 0 Å². The number of hydrogen-bond donors (Lipinski definition) is 2. The molecule has 0 amide bonds. The molecular weight excluding hydrogens is 200 g/mol. The third kappa shape index (κ3) is 2.02. The van der Waals surface area contributed by atoms with E-state index in [0.717, 1.165) is 25.1 Å². The zero-order valence-electron chi connectivity index (χ0n) is 10.1. The summed E-state index contributed by atoms with van der Waals surface area (Å²) in [6, 6.07) is 0. The Kier molecular flexibility index (Phi) is 3.10. The molecule has 0 saturated heterocycles. The summed E-state index contributed by atoms with van der Waals surface area (Å²) < 4.78 is 0. The van der Waals surface area contributed by atoms with E-state index in [4.69, 9.17) is 5.73 Å². The Morgan fingerprint density at radius 2 is 2.25 bits per heavy atom. The maximum absolute atomic E-state index is 5.80. The van der Waals surface area contributed by atoms with Crippen LogP contribution in [-0.2, 0) is 12.8 Å². The van der Waals surface area contributed by atoms with Gasteiger partial charge in [-0.2, -0.15) is 0 Å². The molecule has 0 spiro atoms. The molecule has 1 unspecified atom stereocenters. The summed E-state index contributed by atoms with van der Waals surface area (Å²) in [5.41, 5.74) is 8.23. The first-order chi connectivity index (χ1) is 7.68. The average molecular weight is 220 g/mol. The van der Waals surface area contributed by atoms with Crippen LogP contribution in [0.25, 0.3) is 0 Å². The van der Waals surface area contributed by atoms with Crippen molar-refractivity contribution in [2.75, 3.05) is 11.9 Å². The Morgan fingerprint density at radius 3 is 2.94 bits per heavy atom. The van der Waals surface area contributed by atoms with Gasteiger partial charge in [-0.1, -0.05) is 6.92 Å². The molecule has 0 saturated carbocycles. The predicted molar refractivity (Wildman–Crippen MR) is 65.4 cm³/mol. The molecule has 0 radical (unpaired) electrons. The number of nitrogens with two attached hydrogens (primary N) is 1. The number of hydrogen-bond acceptors (Lipinski definition) is 4. The second-order valence-corrected chi connectivity index (χ2v) is 4.74. The van der Waals surface area contributed by atoms with E-state index in [1.54, 1.807) is 6.33 Å². The summed E-state index contributed by atoms with van der Waals surface area (Å²) in [5.74, 6) is 0.984. The first kappa shape index (κ1) is 11.3. The maximum atomic E-state index is 5.80. The van der Waals surface area contributed by atoms with Gasteiger partial charge in [0.25, 0.3) is 0 Å². The van der Waals surface area contributed by atoms with Gasteiger partial charge < -0.3 is 11.1 Å². The number of nitrogens with zero attached hydrogens (tertiary/aromatic N) is 2. The molecule has 0 fully saturated rings. The highest BCUT2D eigenvalue weighted by atomic mass is 15.1. The largest absolute Gasteiger partial charge is 0.363 e. The van der Waals surface area contributed by atoms with E-state index in [2.05, 4.69) is 29.1 Å². The molecule has 0 aliphatic heterocycles. The van der Waals surface area contributed by atoms with Crippen molar-refractivity contribution in [1.82, 2.24) is 9.97 Å². The number of rotatable bonds is 4. The molecule has 1 aliphatic carbocycles. The first-order valence-corrected chi connectivity index (χ1v) is 5.99. The average Bonchev–Trinajstić information content (AvgIpc) is 2.78. The highest BCUT2D eigenvalue weighted by molar-refractivity contribution is 5.49. The van der Waals surface area contributed by atoms with Gasteiger partial charge in [-0.25, -0.2) is 9.97 Å². The smallest absolute Gasteiger partial charge is 0.133 e. The molecule has 1 aliphatic rings. The first-order valence-electron chi connectivity index (χ1n) is 5.99. The summed E-state index contributed by atoms with van der Waals surface area (Å²) in [4.78, 5) is 8.67. The van der Waals surface area contributed by atoms with Gasteiger partial charge in [-0.05, 0) is 32.6 Å². The van der Waals surface area contributed by atoms with Gasteiger partial charge in [0.2, 0.25) is 0 Å². The van der Waals surface area contributed by atoms with Gasteiger partial charge in [0.1, 0.15) is 12.1 Å². The molecule has 0 aromatic carbocycles. The van der Waals surface area contributed by atoms with Gasteiger partial charge in [0, 0.05) is 23.3 Å². The fraction of sp³-hybridized carbons (Fsp3) is 0.667. The van der Waals surface area contributed by atoms with Crippen LogP contribution in [0.15, 0.2) is 6.33 Å². The third-order valence-electron chi connectivity index (χ3n) is 3.53. The quantitative estimate of drug-likeness (QED) is 0.807. The van der Waals surface area contributed by atoms with Crippen molar-refractivity contribution in [3.8, 4) is 0 Å². The molecule has 2 rings (SSSR count). The Bertz CT molecular complexity index is 371. The normalized spacial score (nSPS) is 17.9. The Balaban J connectivity index is 2.25. The topological polar surface area (TPSA) is 63.8 Å². The van der Waals surface area contributed by atoms with Gasteiger partial charge >= 0.3 is 0 Å². The molecule has 88 valence electrons. The number of aryl methyl sites for hydroxylation is 1. The molecule has 3 N–H and O–H groups in total. The van der Waals surface area contributed by atoms with Gasteiger partial charge in [0.15, 0.2) is 0 Å². The van der Waals surface area contributed by atoms with E-state index >= 15 is 0 Å². The van der Waals surface area contributed by atoms with Crippen LogP contribution in [-0.4, -0.2) is 22.1 Å². The van der Waals surface area contributed by atoms with Crippen molar-refractivity contribution in [3.05, 3.63) is 17.6 Å². The van der Waals surface area contributed by atoms with Crippen LogP contribution >= 0.6 is 0 Å². The Labute approximate surface area is 96.7 Å². The molecule has 0 bridgehead atoms. The molecule has 1 aromatic rings. The zero-order valence-corrected chi connectivity index (χ0v) is 10.1. The Hall–Kier alpha value is -1.16. The lowest BCUT2D eigenvalue weighted by molar-refractivity contribution is 0.503. The van der Waals surface area contributed by atoms with Gasteiger partial charge in [0.05, 0.1) is 0 Å². The lowest BCUT2D eigenvalue weighted by Gasteiger charge is -2.29. The second-order valence-electron chi connectivity index (χ2n) is 4.74. The van der Waals surface area contributed by atoms with Crippen molar-refractivity contribution in [1.29, 1.82) is 0 Å². The number of aromatic nitrogens is 2. The number of nitrogens with one attached hydrogen (secondary N) is 1. The zero-order chi connectivity index (χ0) is 11.6. The van der Waals surface area contributed by atoms with Crippen molar-refractivity contribution in [2.24, 2.45) is 5.73 Å². The molecular formula is C12H20N4. The summed E-state index contributed by atoms with van der Waals surface area (Å²) in [5, 5.41) is 3.48. The van der Waals surface area contributed by atoms with Crippen molar-refractivity contribution >= 4 is 5.82 Å².